The van der Waals surface area contributed by atoms with Crippen molar-refractivity contribution in [1.29, 1.82) is 0 Å². The van der Waals surface area contributed by atoms with Gasteiger partial charge in [-0.2, -0.15) is 12.6 Å². The third-order valence-electron chi connectivity index (χ3n) is 2.54. The lowest BCUT2D eigenvalue weighted by molar-refractivity contribution is -0.138. The van der Waals surface area contributed by atoms with Gasteiger partial charge in [0.1, 0.15) is 12.6 Å². The molecule has 0 fully saturated rings. The first-order valence-corrected chi connectivity index (χ1v) is 6.92. The summed E-state index contributed by atoms with van der Waals surface area (Å²) in [6.45, 7) is 0.0206. The molecule has 20 heavy (non-hydrogen) atoms. The van der Waals surface area contributed by atoms with Gasteiger partial charge < -0.3 is 27.2 Å². The van der Waals surface area contributed by atoms with Gasteiger partial charge in [-0.1, -0.05) is 6.42 Å². The number of carbonyl (C=O) groups is 3. The van der Waals surface area contributed by atoms with Crippen LogP contribution in [0.1, 0.15) is 19.3 Å². The number of thiol groups is 1. The zero-order valence-corrected chi connectivity index (χ0v) is 12.1. The van der Waals surface area contributed by atoms with Crippen LogP contribution in [-0.4, -0.2) is 53.8 Å². The van der Waals surface area contributed by atoms with Gasteiger partial charge in [-0.3, -0.25) is 14.4 Å². The highest BCUT2D eigenvalue weighted by molar-refractivity contribution is 7.80. The van der Waals surface area contributed by atoms with Crippen LogP contribution in [0.25, 0.3) is 0 Å². The van der Waals surface area contributed by atoms with E-state index in [9.17, 15) is 14.4 Å². The molecule has 0 radical (unpaired) electrons. The summed E-state index contributed by atoms with van der Waals surface area (Å²) in [5.41, 5.74) is 11.0. The van der Waals surface area contributed by atoms with Crippen LogP contribution < -0.4 is 22.1 Å². The molecule has 8 nitrogen and oxygen atoms in total. The van der Waals surface area contributed by atoms with Crippen molar-refractivity contribution in [2.75, 3.05) is 18.8 Å². The number of rotatable bonds is 10. The predicted octanol–water partition coefficient (Wildman–Crippen LogP) is -1.94. The van der Waals surface area contributed by atoms with E-state index >= 15 is 0 Å². The monoisotopic (exact) mass is 306 g/mol. The van der Waals surface area contributed by atoms with Crippen molar-refractivity contribution in [3.63, 3.8) is 0 Å². The van der Waals surface area contributed by atoms with Gasteiger partial charge in [-0.05, 0) is 19.4 Å². The minimum absolute atomic E-state index is 0.0483. The number of carboxylic acids is 1. The Hall–Kier alpha value is -1.32. The van der Waals surface area contributed by atoms with Crippen molar-refractivity contribution in [3.05, 3.63) is 0 Å². The van der Waals surface area contributed by atoms with Crippen molar-refractivity contribution >= 4 is 30.4 Å². The van der Waals surface area contributed by atoms with E-state index in [1.807, 2.05) is 0 Å². The lowest BCUT2D eigenvalue weighted by atomic mass is 10.1. The molecule has 2 unspecified atom stereocenters. The standard InChI is InChI=1S/C11H22N4O4S/c12-4-2-1-3-7(13)10(18)15-8(6-20)11(19)14-5-9(16)17/h7-8,20H,1-6,12-13H2,(H,14,19)(H,15,18)(H,16,17). The van der Waals surface area contributed by atoms with Crippen molar-refractivity contribution in [2.24, 2.45) is 11.5 Å². The van der Waals surface area contributed by atoms with E-state index < -0.39 is 36.4 Å². The van der Waals surface area contributed by atoms with Gasteiger partial charge >= 0.3 is 5.97 Å². The van der Waals surface area contributed by atoms with Crippen molar-refractivity contribution in [1.82, 2.24) is 10.6 Å². The number of carbonyl (C=O) groups excluding carboxylic acids is 2. The first-order valence-electron chi connectivity index (χ1n) is 6.28. The molecule has 0 aliphatic rings. The van der Waals surface area contributed by atoms with Crippen LogP contribution in [0.4, 0.5) is 0 Å². The summed E-state index contributed by atoms with van der Waals surface area (Å²) < 4.78 is 0. The molecule has 0 heterocycles. The summed E-state index contributed by atoms with van der Waals surface area (Å²) in [5, 5.41) is 13.1. The number of amides is 2. The number of aliphatic carboxylic acids is 1. The van der Waals surface area contributed by atoms with Gasteiger partial charge in [0, 0.05) is 5.75 Å². The lowest BCUT2D eigenvalue weighted by Crippen LogP contribution is -2.53. The lowest BCUT2D eigenvalue weighted by Gasteiger charge is -2.18. The predicted molar refractivity (Wildman–Crippen MR) is 77.3 cm³/mol. The van der Waals surface area contributed by atoms with Gasteiger partial charge in [0.25, 0.3) is 0 Å². The van der Waals surface area contributed by atoms with Crippen LogP contribution >= 0.6 is 12.6 Å². The van der Waals surface area contributed by atoms with E-state index in [-0.39, 0.29) is 5.75 Å². The molecule has 0 aliphatic heterocycles. The average molecular weight is 306 g/mol. The Labute approximate surface area is 123 Å². The van der Waals surface area contributed by atoms with Gasteiger partial charge in [-0.15, -0.1) is 0 Å². The molecule has 0 aromatic carbocycles. The smallest absolute Gasteiger partial charge is 0.322 e. The zero-order valence-electron chi connectivity index (χ0n) is 11.2. The van der Waals surface area contributed by atoms with Crippen LogP contribution in [0, 0.1) is 0 Å². The molecule has 7 N–H and O–H groups in total. The summed E-state index contributed by atoms with van der Waals surface area (Å²) in [4.78, 5) is 33.7. The highest BCUT2D eigenvalue weighted by Crippen LogP contribution is 1.99. The molecule has 2 amide bonds. The molecular weight excluding hydrogens is 284 g/mol. The summed E-state index contributed by atoms with van der Waals surface area (Å²) in [7, 11) is 0. The first-order chi connectivity index (χ1) is 9.42. The van der Waals surface area contributed by atoms with Crippen molar-refractivity contribution in [2.45, 2.75) is 31.3 Å². The Kier molecular flexibility index (Phi) is 9.77. The van der Waals surface area contributed by atoms with Crippen LogP contribution in [0.5, 0.6) is 0 Å². The van der Waals surface area contributed by atoms with Gasteiger partial charge in [0.15, 0.2) is 0 Å². The number of nitrogens with one attached hydrogen (secondary N) is 2. The number of unbranched alkanes of at least 4 members (excludes halogenated alkanes) is 1. The molecule has 116 valence electrons. The first kappa shape index (κ1) is 18.7. The Morgan fingerprint density at radius 2 is 1.85 bits per heavy atom. The van der Waals surface area contributed by atoms with Gasteiger partial charge in [0.05, 0.1) is 6.04 Å². The molecule has 0 saturated carbocycles. The fourth-order valence-corrected chi connectivity index (χ4v) is 1.66. The molecule has 0 aliphatic carbocycles. The molecule has 0 rings (SSSR count). The van der Waals surface area contributed by atoms with E-state index in [1.165, 1.54) is 0 Å². The Bertz CT molecular complexity index is 340. The molecule has 9 heteroatoms. The zero-order chi connectivity index (χ0) is 15.5. The second kappa shape index (κ2) is 10.5. The highest BCUT2D eigenvalue weighted by atomic mass is 32.1. The van der Waals surface area contributed by atoms with E-state index in [0.717, 1.165) is 12.8 Å². The van der Waals surface area contributed by atoms with E-state index in [1.54, 1.807) is 0 Å². The molecule has 0 aromatic heterocycles. The number of hydrogen-bond acceptors (Lipinski definition) is 6. The second-order valence-corrected chi connectivity index (χ2v) is 4.61. The summed E-state index contributed by atoms with van der Waals surface area (Å²) >= 11 is 3.95. The van der Waals surface area contributed by atoms with Crippen LogP contribution in [0.3, 0.4) is 0 Å². The minimum Gasteiger partial charge on any atom is -0.480 e. The average Bonchev–Trinajstić information content (AvgIpc) is 2.41. The molecule has 0 aromatic rings. The maximum absolute atomic E-state index is 11.8. The largest absolute Gasteiger partial charge is 0.480 e. The number of carboxylic acid groups (broad SMARTS) is 1. The summed E-state index contributed by atoms with van der Waals surface area (Å²) in [5.74, 6) is -2.19. The molecule has 2 atom stereocenters. The fraction of sp³-hybridized carbons (Fsp3) is 0.727. The summed E-state index contributed by atoms with van der Waals surface area (Å²) in [6.07, 6.45) is 1.97. The van der Waals surface area contributed by atoms with E-state index in [0.29, 0.717) is 13.0 Å². The van der Waals surface area contributed by atoms with Crippen LogP contribution in [0.15, 0.2) is 0 Å². The summed E-state index contributed by atoms with van der Waals surface area (Å²) in [6, 6.07) is -1.64. The Balaban J connectivity index is 4.22. The quantitative estimate of drug-likeness (QED) is 0.204. The van der Waals surface area contributed by atoms with Crippen molar-refractivity contribution in [3.8, 4) is 0 Å². The van der Waals surface area contributed by atoms with Crippen molar-refractivity contribution < 1.29 is 19.5 Å². The van der Waals surface area contributed by atoms with E-state index in [2.05, 4.69) is 23.3 Å². The maximum atomic E-state index is 11.8. The fourth-order valence-electron chi connectivity index (χ4n) is 1.40. The molecule has 0 saturated heterocycles. The normalized spacial score (nSPS) is 13.3. The van der Waals surface area contributed by atoms with Gasteiger partial charge in [-0.25, -0.2) is 0 Å². The number of hydrogen-bond donors (Lipinski definition) is 6. The second-order valence-electron chi connectivity index (χ2n) is 4.25. The van der Waals surface area contributed by atoms with Crippen LogP contribution in [0.2, 0.25) is 0 Å². The molecule has 0 spiro atoms. The number of nitrogens with two attached hydrogens (primary N) is 2. The minimum atomic E-state index is -1.17. The van der Waals surface area contributed by atoms with Gasteiger partial charge in [0.2, 0.25) is 11.8 Å². The van der Waals surface area contributed by atoms with E-state index in [4.69, 9.17) is 16.6 Å². The Morgan fingerprint density at radius 1 is 1.20 bits per heavy atom. The third kappa shape index (κ3) is 7.97. The maximum Gasteiger partial charge on any atom is 0.322 e. The topological polar surface area (TPSA) is 148 Å². The highest BCUT2D eigenvalue weighted by Gasteiger charge is 2.22. The Morgan fingerprint density at radius 3 is 2.35 bits per heavy atom. The SMILES string of the molecule is NCCCCC(N)C(=O)NC(CS)C(=O)NCC(=O)O. The third-order valence-corrected chi connectivity index (χ3v) is 2.90. The molecular formula is C11H22N4O4S. The van der Waals surface area contributed by atoms with Crippen LogP contribution in [-0.2, 0) is 14.4 Å². The molecule has 0 bridgehead atoms.